The summed E-state index contributed by atoms with van der Waals surface area (Å²) in [4.78, 5) is 0. The van der Waals surface area contributed by atoms with Crippen LogP contribution in [-0.2, 0) is 14.2 Å². The van der Waals surface area contributed by atoms with Crippen LogP contribution in [0.25, 0.3) is 0 Å². The SMILES string of the molecule is CCCCC12OCC(CCC)(CO1)CO2. The third kappa shape index (κ3) is 2.19. The van der Waals surface area contributed by atoms with E-state index in [1.165, 1.54) is 0 Å². The minimum absolute atomic E-state index is 0.142. The van der Waals surface area contributed by atoms with Gasteiger partial charge in [-0.1, -0.05) is 26.7 Å². The Morgan fingerprint density at radius 3 is 1.93 bits per heavy atom. The fourth-order valence-electron chi connectivity index (χ4n) is 2.40. The van der Waals surface area contributed by atoms with Gasteiger partial charge in [0.25, 0.3) is 5.97 Å². The summed E-state index contributed by atoms with van der Waals surface area (Å²) in [6.07, 6.45) is 5.42. The monoisotopic (exact) mass is 214 g/mol. The van der Waals surface area contributed by atoms with E-state index in [2.05, 4.69) is 13.8 Å². The Balaban J connectivity index is 1.92. The number of ether oxygens (including phenoxy) is 3. The minimum Gasteiger partial charge on any atom is -0.327 e. The maximum Gasteiger partial charge on any atom is 0.282 e. The van der Waals surface area contributed by atoms with E-state index in [4.69, 9.17) is 14.2 Å². The summed E-state index contributed by atoms with van der Waals surface area (Å²) in [5, 5.41) is 0. The van der Waals surface area contributed by atoms with Crippen LogP contribution in [-0.4, -0.2) is 25.8 Å². The van der Waals surface area contributed by atoms with Crippen LogP contribution in [0.4, 0.5) is 0 Å². The molecule has 0 radical (unpaired) electrons. The number of rotatable bonds is 5. The molecule has 0 aromatic heterocycles. The van der Waals surface area contributed by atoms with Gasteiger partial charge in [0.1, 0.15) is 0 Å². The van der Waals surface area contributed by atoms with Crippen molar-refractivity contribution in [1.29, 1.82) is 0 Å². The number of hydrogen-bond acceptors (Lipinski definition) is 3. The molecule has 3 fully saturated rings. The van der Waals surface area contributed by atoms with Gasteiger partial charge in [0, 0.05) is 11.8 Å². The van der Waals surface area contributed by atoms with Crippen molar-refractivity contribution >= 4 is 0 Å². The quantitative estimate of drug-likeness (QED) is 0.704. The second kappa shape index (κ2) is 4.40. The van der Waals surface area contributed by atoms with Crippen LogP contribution in [0, 0.1) is 5.41 Å². The molecule has 0 saturated carbocycles. The van der Waals surface area contributed by atoms with E-state index in [0.29, 0.717) is 0 Å². The zero-order valence-electron chi connectivity index (χ0n) is 9.88. The Bertz CT molecular complexity index is 190. The van der Waals surface area contributed by atoms with Crippen LogP contribution in [0.2, 0.25) is 0 Å². The molecule has 3 aliphatic heterocycles. The molecule has 0 spiro atoms. The van der Waals surface area contributed by atoms with Gasteiger partial charge in [-0.3, -0.25) is 0 Å². The molecule has 3 rings (SSSR count). The predicted octanol–water partition coefficient (Wildman–Crippen LogP) is 2.69. The zero-order chi connectivity index (χ0) is 10.8. The molecule has 3 aliphatic rings. The lowest BCUT2D eigenvalue weighted by molar-refractivity contribution is -0.470. The number of hydrogen-bond donors (Lipinski definition) is 0. The first-order valence-corrected chi connectivity index (χ1v) is 6.16. The molecular weight excluding hydrogens is 192 g/mol. The summed E-state index contributed by atoms with van der Waals surface area (Å²) in [5.74, 6) is -0.689. The van der Waals surface area contributed by atoms with Gasteiger partial charge in [-0.2, -0.15) is 0 Å². The van der Waals surface area contributed by atoms with Crippen molar-refractivity contribution in [2.24, 2.45) is 5.41 Å². The first-order valence-electron chi connectivity index (χ1n) is 6.16. The Morgan fingerprint density at radius 1 is 0.867 bits per heavy atom. The van der Waals surface area contributed by atoms with E-state index in [-0.39, 0.29) is 5.41 Å². The number of unbranched alkanes of at least 4 members (excludes halogenated alkanes) is 1. The molecule has 88 valence electrons. The van der Waals surface area contributed by atoms with Gasteiger partial charge < -0.3 is 14.2 Å². The van der Waals surface area contributed by atoms with Crippen LogP contribution in [0.15, 0.2) is 0 Å². The Kier molecular flexibility index (Phi) is 3.33. The first kappa shape index (κ1) is 11.4. The minimum atomic E-state index is -0.689. The average Bonchev–Trinajstić information content (AvgIpc) is 2.29. The first-order chi connectivity index (χ1) is 7.24. The van der Waals surface area contributed by atoms with Gasteiger partial charge >= 0.3 is 0 Å². The highest BCUT2D eigenvalue weighted by molar-refractivity contribution is 4.87. The highest BCUT2D eigenvalue weighted by Gasteiger charge is 2.51. The van der Waals surface area contributed by atoms with Crippen molar-refractivity contribution < 1.29 is 14.2 Å². The van der Waals surface area contributed by atoms with Crippen molar-refractivity contribution in [1.82, 2.24) is 0 Å². The topological polar surface area (TPSA) is 27.7 Å². The van der Waals surface area contributed by atoms with E-state index >= 15 is 0 Å². The number of fused-ring (bicyclic) bond motifs is 3. The Morgan fingerprint density at radius 2 is 1.47 bits per heavy atom. The summed E-state index contributed by atoms with van der Waals surface area (Å²) in [7, 11) is 0. The standard InChI is InChI=1S/C12H22O3/c1-3-5-7-12-13-8-11(6-4-2,9-14-12)10-15-12/h3-10H2,1-2H3. The molecular formula is C12H22O3. The lowest BCUT2D eigenvalue weighted by Crippen LogP contribution is -2.59. The maximum atomic E-state index is 5.78. The van der Waals surface area contributed by atoms with Gasteiger partial charge in [-0.25, -0.2) is 0 Å². The Hall–Kier alpha value is -0.120. The zero-order valence-corrected chi connectivity index (χ0v) is 9.88. The molecule has 0 aliphatic carbocycles. The summed E-state index contributed by atoms with van der Waals surface area (Å²) in [5.41, 5.74) is 0.142. The van der Waals surface area contributed by atoms with Crippen LogP contribution < -0.4 is 0 Å². The van der Waals surface area contributed by atoms with Gasteiger partial charge in [0.2, 0.25) is 0 Å². The molecule has 0 unspecified atom stereocenters. The van der Waals surface area contributed by atoms with Crippen molar-refractivity contribution in [3.05, 3.63) is 0 Å². The fourth-order valence-corrected chi connectivity index (χ4v) is 2.40. The molecule has 0 N–H and O–H groups in total. The smallest absolute Gasteiger partial charge is 0.282 e. The highest BCUT2D eigenvalue weighted by atomic mass is 16.9. The molecule has 15 heavy (non-hydrogen) atoms. The second-order valence-electron chi connectivity index (χ2n) is 4.90. The fraction of sp³-hybridized carbons (Fsp3) is 1.00. The Labute approximate surface area is 92.1 Å². The molecule has 2 bridgehead atoms. The van der Waals surface area contributed by atoms with Crippen LogP contribution >= 0.6 is 0 Å². The highest BCUT2D eigenvalue weighted by Crippen LogP contribution is 2.43. The lowest BCUT2D eigenvalue weighted by Gasteiger charge is -2.52. The third-order valence-electron chi connectivity index (χ3n) is 3.41. The molecule has 3 heteroatoms. The summed E-state index contributed by atoms with van der Waals surface area (Å²) < 4.78 is 17.3. The van der Waals surface area contributed by atoms with Gasteiger partial charge in [-0.05, 0) is 12.8 Å². The van der Waals surface area contributed by atoms with E-state index < -0.39 is 5.97 Å². The van der Waals surface area contributed by atoms with Crippen LogP contribution in [0.1, 0.15) is 46.0 Å². The summed E-state index contributed by atoms with van der Waals surface area (Å²) in [6.45, 7) is 6.80. The van der Waals surface area contributed by atoms with Crippen molar-refractivity contribution in [2.75, 3.05) is 19.8 Å². The molecule has 0 aromatic carbocycles. The molecule has 3 nitrogen and oxygen atoms in total. The maximum absolute atomic E-state index is 5.78. The van der Waals surface area contributed by atoms with Gasteiger partial charge in [-0.15, -0.1) is 0 Å². The van der Waals surface area contributed by atoms with E-state index in [1.807, 2.05) is 0 Å². The van der Waals surface area contributed by atoms with Crippen LogP contribution in [0.5, 0.6) is 0 Å². The van der Waals surface area contributed by atoms with E-state index in [9.17, 15) is 0 Å². The molecule has 0 amide bonds. The third-order valence-corrected chi connectivity index (χ3v) is 3.41. The molecule has 0 aromatic rings. The normalized spacial score (nSPS) is 39.6. The van der Waals surface area contributed by atoms with E-state index in [0.717, 1.165) is 51.9 Å². The predicted molar refractivity (Wildman–Crippen MR) is 57.5 cm³/mol. The second-order valence-corrected chi connectivity index (χ2v) is 4.90. The largest absolute Gasteiger partial charge is 0.327 e. The molecule has 3 heterocycles. The van der Waals surface area contributed by atoms with Crippen molar-refractivity contribution in [2.45, 2.75) is 51.9 Å². The molecule has 0 atom stereocenters. The van der Waals surface area contributed by atoms with Crippen molar-refractivity contribution in [3.63, 3.8) is 0 Å². The van der Waals surface area contributed by atoms with E-state index in [1.54, 1.807) is 0 Å². The van der Waals surface area contributed by atoms with Gasteiger partial charge in [0.15, 0.2) is 0 Å². The lowest BCUT2D eigenvalue weighted by atomic mass is 9.84. The molecule has 3 saturated heterocycles. The average molecular weight is 214 g/mol. The van der Waals surface area contributed by atoms with Crippen molar-refractivity contribution in [3.8, 4) is 0 Å². The summed E-state index contributed by atoms with van der Waals surface area (Å²) in [6, 6.07) is 0. The van der Waals surface area contributed by atoms with Crippen LogP contribution in [0.3, 0.4) is 0 Å². The summed E-state index contributed by atoms with van der Waals surface area (Å²) >= 11 is 0. The van der Waals surface area contributed by atoms with Gasteiger partial charge in [0.05, 0.1) is 19.8 Å².